The van der Waals surface area contributed by atoms with Crippen molar-refractivity contribution in [3.63, 3.8) is 0 Å². The highest BCUT2D eigenvalue weighted by molar-refractivity contribution is 5.89. The van der Waals surface area contributed by atoms with Gasteiger partial charge >= 0.3 is 6.09 Å². The van der Waals surface area contributed by atoms with Gasteiger partial charge in [-0.15, -0.1) is 5.10 Å². The summed E-state index contributed by atoms with van der Waals surface area (Å²) in [5.41, 5.74) is 0.620. The van der Waals surface area contributed by atoms with Crippen LogP contribution in [0.3, 0.4) is 0 Å². The van der Waals surface area contributed by atoms with Crippen molar-refractivity contribution in [2.24, 2.45) is 0 Å². The molecule has 0 unspecified atom stereocenters. The third kappa shape index (κ3) is 3.01. The lowest BCUT2D eigenvalue weighted by molar-refractivity contribution is 0.102. The number of carbonyl (C=O) groups excluding carboxylic acids is 1. The fourth-order valence-corrected chi connectivity index (χ4v) is 2.46. The molecule has 1 saturated heterocycles. The van der Waals surface area contributed by atoms with E-state index in [1.165, 1.54) is 40.4 Å². The van der Waals surface area contributed by atoms with Crippen LogP contribution in [0, 0.1) is 5.82 Å². The minimum atomic E-state index is -0.568. The fraction of sp³-hybridized carbons (Fsp3) is 0.200. The van der Waals surface area contributed by atoms with E-state index in [2.05, 4.69) is 20.0 Å². The molecule has 0 N–H and O–H groups in total. The van der Waals surface area contributed by atoms with Gasteiger partial charge in [-0.3, -0.25) is 4.90 Å². The van der Waals surface area contributed by atoms with Crippen LogP contribution >= 0.6 is 0 Å². The van der Waals surface area contributed by atoms with Crippen molar-refractivity contribution >= 4 is 11.8 Å². The Kier molecular flexibility index (Phi) is 3.77. The van der Waals surface area contributed by atoms with Gasteiger partial charge in [-0.2, -0.15) is 0 Å². The van der Waals surface area contributed by atoms with E-state index in [9.17, 15) is 9.18 Å². The van der Waals surface area contributed by atoms with Gasteiger partial charge in [0.25, 0.3) is 5.88 Å². The molecule has 1 aliphatic rings. The SMILES string of the molecule is O=C1O[C@@H](COc2ccon2)CN1c1ccc(-n2ccnn2)c(F)c1. The van der Waals surface area contributed by atoms with E-state index < -0.39 is 18.0 Å². The highest BCUT2D eigenvalue weighted by Gasteiger charge is 2.33. The zero-order valence-corrected chi connectivity index (χ0v) is 12.8. The molecule has 25 heavy (non-hydrogen) atoms. The number of ether oxygens (including phenoxy) is 2. The molecule has 1 atom stereocenters. The van der Waals surface area contributed by atoms with Crippen molar-refractivity contribution in [3.8, 4) is 11.6 Å². The number of carbonyl (C=O) groups is 1. The Morgan fingerprint density at radius 1 is 1.36 bits per heavy atom. The standard InChI is InChI=1S/C15H12FN5O4/c16-12-7-10(1-2-13(12)21-5-4-17-19-21)20-8-11(25-15(20)22)9-23-14-3-6-24-18-14/h1-7,11H,8-9H2/t11-/m1/s1. The van der Waals surface area contributed by atoms with E-state index in [0.717, 1.165) is 0 Å². The molecule has 0 radical (unpaired) electrons. The Bertz CT molecular complexity index is 868. The molecular weight excluding hydrogens is 333 g/mol. The molecule has 1 aliphatic heterocycles. The van der Waals surface area contributed by atoms with Gasteiger partial charge in [0.1, 0.15) is 18.6 Å². The van der Waals surface area contributed by atoms with Crippen LogP contribution < -0.4 is 9.64 Å². The highest BCUT2D eigenvalue weighted by Crippen LogP contribution is 2.25. The summed E-state index contributed by atoms with van der Waals surface area (Å²) < 4.78 is 30.8. The van der Waals surface area contributed by atoms with Crippen LogP contribution in [0.2, 0.25) is 0 Å². The van der Waals surface area contributed by atoms with E-state index in [4.69, 9.17) is 9.47 Å². The minimum absolute atomic E-state index is 0.119. The maximum absolute atomic E-state index is 14.3. The molecule has 0 aliphatic carbocycles. The van der Waals surface area contributed by atoms with Gasteiger partial charge in [-0.25, -0.2) is 13.9 Å². The summed E-state index contributed by atoms with van der Waals surface area (Å²) in [6.07, 6.45) is 3.29. The van der Waals surface area contributed by atoms with Gasteiger partial charge in [-0.1, -0.05) is 5.21 Å². The van der Waals surface area contributed by atoms with Crippen LogP contribution in [0.25, 0.3) is 5.69 Å². The molecule has 3 aromatic rings. The molecule has 1 amide bonds. The Morgan fingerprint density at radius 3 is 3.00 bits per heavy atom. The summed E-state index contributed by atoms with van der Waals surface area (Å²) in [4.78, 5) is 13.4. The van der Waals surface area contributed by atoms with Crippen molar-refractivity contribution in [1.29, 1.82) is 0 Å². The maximum Gasteiger partial charge on any atom is 0.414 e. The number of anilines is 1. The lowest BCUT2D eigenvalue weighted by Gasteiger charge is -2.14. The highest BCUT2D eigenvalue weighted by atomic mass is 19.1. The van der Waals surface area contributed by atoms with Crippen LogP contribution in [0.1, 0.15) is 0 Å². The molecule has 1 fully saturated rings. The van der Waals surface area contributed by atoms with Crippen molar-refractivity contribution in [2.75, 3.05) is 18.1 Å². The molecule has 1 aromatic carbocycles. The first-order valence-corrected chi connectivity index (χ1v) is 7.38. The monoisotopic (exact) mass is 345 g/mol. The van der Waals surface area contributed by atoms with Gasteiger partial charge in [0.05, 0.1) is 24.6 Å². The second kappa shape index (κ2) is 6.23. The Balaban J connectivity index is 1.46. The molecule has 128 valence electrons. The second-order valence-electron chi connectivity index (χ2n) is 5.25. The van der Waals surface area contributed by atoms with Crippen molar-refractivity contribution < 1.29 is 23.2 Å². The summed E-state index contributed by atoms with van der Waals surface area (Å²) in [7, 11) is 0. The number of aromatic nitrogens is 4. The maximum atomic E-state index is 14.3. The van der Waals surface area contributed by atoms with Crippen LogP contribution in [-0.4, -0.2) is 45.5 Å². The van der Waals surface area contributed by atoms with Gasteiger partial charge in [0.2, 0.25) is 0 Å². The molecule has 0 bridgehead atoms. The van der Waals surface area contributed by atoms with E-state index in [-0.39, 0.29) is 18.8 Å². The number of benzene rings is 1. The second-order valence-corrected chi connectivity index (χ2v) is 5.25. The van der Waals surface area contributed by atoms with E-state index >= 15 is 0 Å². The molecule has 9 nitrogen and oxygen atoms in total. The lowest BCUT2D eigenvalue weighted by Crippen LogP contribution is -2.26. The molecule has 2 aromatic heterocycles. The van der Waals surface area contributed by atoms with Crippen LogP contribution in [-0.2, 0) is 4.74 Å². The van der Waals surface area contributed by atoms with Crippen molar-refractivity contribution in [2.45, 2.75) is 6.10 Å². The molecule has 0 saturated carbocycles. The average molecular weight is 345 g/mol. The van der Waals surface area contributed by atoms with Gasteiger partial charge in [0.15, 0.2) is 11.9 Å². The predicted molar refractivity (Wildman–Crippen MR) is 80.9 cm³/mol. The van der Waals surface area contributed by atoms with Crippen LogP contribution in [0.5, 0.6) is 5.88 Å². The van der Waals surface area contributed by atoms with Crippen molar-refractivity contribution in [1.82, 2.24) is 20.2 Å². The minimum Gasteiger partial charge on any atom is -0.471 e. The third-order valence-electron chi connectivity index (χ3n) is 3.62. The third-order valence-corrected chi connectivity index (χ3v) is 3.62. The summed E-state index contributed by atoms with van der Waals surface area (Å²) in [5, 5.41) is 11.0. The van der Waals surface area contributed by atoms with Crippen molar-refractivity contribution in [3.05, 3.63) is 48.7 Å². The number of nitrogens with zero attached hydrogens (tertiary/aromatic N) is 5. The van der Waals surface area contributed by atoms with E-state index in [1.54, 1.807) is 12.1 Å². The average Bonchev–Trinajstić information content (AvgIpc) is 3.35. The van der Waals surface area contributed by atoms with Gasteiger partial charge in [-0.05, 0) is 23.4 Å². The molecule has 10 heteroatoms. The summed E-state index contributed by atoms with van der Waals surface area (Å²) in [6, 6.07) is 5.93. The Morgan fingerprint density at radius 2 is 2.28 bits per heavy atom. The first-order chi connectivity index (χ1) is 12.2. The quantitative estimate of drug-likeness (QED) is 0.696. The first kappa shape index (κ1) is 15.1. The molecular formula is C15H12FN5O4. The molecule has 0 spiro atoms. The van der Waals surface area contributed by atoms with Crippen LogP contribution in [0.15, 0.2) is 47.4 Å². The smallest absolute Gasteiger partial charge is 0.414 e. The Hall–Kier alpha value is -3.43. The largest absolute Gasteiger partial charge is 0.471 e. The molecule has 3 heterocycles. The first-order valence-electron chi connectivity index (χ1n) is 7.38. The predicted octanol–water partition coefficient (Wildman–Crippen LogP) is 1.80. The number of rotatable bonds is 5. The van der Waals surface area contributed by atoms with Gasteiger partial charge < -0.3 is 14.0 Å². The number of hydrogen-bond donors (Lipinski definition) is 0. The lowest BCUT2D eigenvalue weighted by atomic mass is 10.2. The number of cyclic esters (lactones) is 1. The summed E-state index contributed by atoms with van der Waals surface area (Å²) >= 11 is 0. The molecule has 4 rings (SSSR count). The normalized spacial score (nSPS) is 16.9. The topological polar surface area (TPSA) is 95.5 Å². The van der Waals surface area contributed by atoms with E-state index in [0.29, 0.717) is 11.6 Å². The number of amides is 1. The Labute approximate surface area is 140 Å². The van der Waals surface area contributed by atoms with Crippen LogP contribution in [0.4, 0.5) is 14.9 Å². The zero-order chi connectivity index (χ0) is 17.2. The van der Waals surface area contributed by atoms with E-state index in [1.807, 2.05) is 0 Å². The number of halogens is 1. The fourth-order valence-electron chi connectivity index (χ4n) is 2.46. The number of hydrogen-bond acceptors (Lipinski definition) is 7. The summed E-state index contributed by atoms with van der Waals surface area (Å²) in [5.74, 6) is -0.226. The summed E-state index contributed by atoms with van der Waals surface area (Å²) in [6.45, 7) is 0.354. The zero-order valence-electron chi connectivity index (χ0n) is 12.8. The van der Waals surface area contributed by atoms with Gasteiger partial charge in [0, 0.05) is 6.07 Å².